The van der Waals surface area contributed by atoms with Crippen molar-refractivity contribution in [1.29, 1.82) is 0 Å². The molecule has 7 heteroatoms. The summed E-state index contributed by atoms with van der Waals surface area (Å²) in [7, 11) is 3.04. The van der Waals surface area contributed by atoms with Gasteiger partial charge >= 0.3 is 5.97 Å². The van der Waals surface area contributed by atoms with Crippen LogP contribution in [-0.4, -0.2) is 28.8 Å². The fraction of sp³-hybridized carbons (Fsp3) is 0.250. The monoisotopic (exact) mass is 279 g/mol. The van der Waals surface area contributed by atoms with E-state index in [1.165, 1.54) is 29.3 Å². The van der Waals surface area contributed by atoms with E-state index >= 15 is 0 Å². The minimum absolute atomic E-state index is 0.306. The second-order valence-electron chi connectivity index (χ2n) is 3.97. The molecule has 1 N–H and O–H groups in total. The van der Waals surface area contributed by atoms with Crippen molar-refractivity contribution < 1.29 is 14.3 Å². The first kappa shape index (κ1) is 13.3. The average molecular weight is 279 g/mol. The zero-order valence-electron chi connectivity index (χ0n) is 10.8. The summed E-state index contributed by atoms with van der Waals surface area (Å²) >= 11 is 1.24. The number of nitrogens with one attached hydrogen (secondary N) is 1. The van der Waals surface area contributed by atoms with Crippen LogP contribution in [0.2, 0.25) is 0 Å². The fourth-order valence-electron chi connectivity index (χ4n) is 1.57. The Balaban J connectivity index is 2.26. The number of thiophene rings is 1. The van der Waals surface area contributed by atoms with Crippen molar-refractivity contribution >= 4 is 28.9 Å². The zero-order chi connectivity index (χ0) is 14.0. The second kappa shape index (κ2) is 5.23. The number of hydrogen-bond donors (Lipinski definition) is 1. The van der Waals surface area contributed by atoms with Gasteiger partial charge < -0.3 is 10.1 Å². The minimum Gasteiger partial charge on any atom is -0.465 e. The van der Waals surface area contributed by atoms with Crippen LogP contribution in [0.5, 0.6) is 0 Å². The van der Waals surface area contributed by atoms with E-state index in [9.17, 15) is 9.59 Å². The lowest BCUT2D eigenvalue weighted by Gasteiger charge is -2.05. The molecule has 0 aliphatic rings. The molecular formula is C12H13N3O3S. The van der Waals surface area contributed by atoms with Crippen molar-refractivity contribution in [3.05, 3.63) is 33.8 Å². The summed E-state index contributed by atoms with van der Waals surface area (Å²) in [4.78, 5) is 24.0. The largest absolute Gasteiger partial charge is 0.465 e. The Bertz CT molecular complexity index is 630. The lowest BCUT2D eigenvalue weighted by atomic mass is 10.2. The topological polar surface area (TPSA) is 73.2 Å². The third-order valence-corrected chi connectivity index (χ3v) is 3.63. The van der Waals surface area contributed by atoms with E-state index in [-0.39, 0.29) is 5.91 Å². The van der Waals surface area contributed by atoms with E-state index < -0.39 is 5.97 Å². The van der Waals surface area contributed by atoms with Gasteiger partial charge in [-0.1, -0.05) is 0 Å². The van der Waals surface area contributed by atoms with Gasteiger partial charge in [0.05, 0.1) is 24.6 Å². The molecule has 0 radical (unpaired) electrons. The predicted octanol–water partition coefficient (Wildman–Crippen LogP) is 1.83. The molecule has 100 valence electrons. The average Bonchev–Trinajstić information content (AvgIpc) is 2.96. The molecule has 2 rings (SSSR count). The molecule has 2 aromatic heterocycles. The van der Waals surface area contributed by atoms with Gasteiger partial charge in [0.25, 0.3) is 5.91 Å². The van der Waals surface area contributed by atoms with Gasteiger partial charge in [0.15, 0.2) is 0 Å². The Labute approximate surface area is 114 Å². The van der Waals surface area contributed by atoms with Gasteiger partial charge in [-0.05, 0) is 17.9 Å². The van der Waals surface area contributed by atoms with E-state index in [2.05, 4.69) is 15.2 Å². The molecule has 0 fully saturated rings. The van der Waals surface area contributed by atoms with Gasteiger partial charge in [0, 0.05) is 13.2 Å². The van der Waals surface area contributed by atoms with Crippen molar-refractivity contribution in [2.75, 3.05) is 12.4 Å². The summed E-state index contributed by atoms with van der Waals surface area (Å²) < 4.78 is 6.22. The molecule has 0 saturated heterocycles. The number of carbonyl (C=O) groups excluding carboxylic acids is 2. The number of anilines is 1. The number of methoxy groups -OCH3 is 1. The molecule has 0 aromatic carbocycles. The van der Waals surface area contributed by atoms with Crippen LogP contribution in [0.1, 0.15) is 25.6 Å². The maximum Gasteiger partial charge on any atom is 0.350 e. The SMILES string of the molecule is COC(=O)c1scc(C)c1NC(=O)c1cnn(C)c1. The summed E-state index contributed by atoms with van der Waals surface area (Å²) in [5, 5.41) is 8.45. The van der Waals surface area contributed by atoms with Crippen LogP contribution in [0.25, 0.3) is 0 Å². The molecule has 2 aromatic rings. The molecule has 2 heterocycles. The Morgan fingerprint density at radius 2 is 2.21 bits per heavy atom. The number of ether oxygens (including phenoxy) is 1. The third-order valence-electron chi connectivity index (χ3n) is 2.55. The van der Waals surface area contributed by atoms with Gasteiger partial charge in [0.1, 0.15) is 4.88 Å². The summed E-state index contributed by atoms with van der Waals surface area (Å²) in [6, 6.07) is 0. The molecule has 0 spiro atoms. The fourth-order valence-corrected chi connectivity index (χ4v) is 2.49. The van der Waals surface area contributed by atoms with Crippen molar-refractivity contribution in [1.82, 2.24) is 9.78 Å². The molecule has 0 bridgehead atoms. The first-order chi connectivity index (χ1) is 9.02. The number of amides is 1. The normalized spacial score (nSPS) is 10.3. The standard InChI is InChI=1S/C12H13N3O3S/c1-7-6-19-10(12(17)18-3)9(7)14-11(16)8-4-13-15(2)5-8/h4-6H,1-3H3,(H,14,16). The zero-order valence-corrected chi connectivity index (χ0v) is 11.6. The van der Waals surface area contributed by atoms with E-state index in [0.717, 1.165) is 5.56 Å². The Morgan fingerprint density at radius 1 is 1.47 bits per heavy atom. The van der Waals surface area contributed by atoms with Gasteiger partial charge in [0.2, 0.25) is 0 Å². The number of rotatable bonds is 3. The summed E-state index contributed by atoms with van der Waals surface area (Å²) in [6.07, 6.45) is 3.07. The summed E-state index contributed by atoms with van der Waals surface area (Å²) in [5.41, 5.74) is 1.75. The van der Waals surface area contributed by atoms with E-state index in [1.807, 2.05) is 6.92 Å². The number of aromatic nitrogens is 2. The highest BCUT2D eigenvalue weighted by Crippen LogP contribution is 2.28. The van der Waals surface area contributed by atoms with Crippen molar-refractivity contribution in [2.45, 2.75) is 6.92 Å². The highest BCUT2D eigenvalue weighted by atomic mass is 32.1. The molecule has 1 amide bonds. The number of carbonyl (C=O) groups is 2. The van der Waals surface area contributed by atoms with Gasteiger partial charge in [-0.15, -0.1) is 11.3 Å². The Kier molecular flexibility index (Phi) is 3.66. The maximum atomic E-state index is 12.0. The lowest BCUT2D eigenvalue weighted by molar-refractivity contribution is 0.0607. The van der Waals surface area contributed by atoms with Crippen molar-refractivity contribution in [3.63, 3.8) is 0 Å². The number of hydrogen-bond acceptors (Lipinski definition) is 5. The molecule has 0 aliphatic carbocycles. The smallest absolute Gasteiger partial charge is 0.350 e. The van der Waals surface area contributed by atoms with E-state index in [4.69, 9.17) is 0 Å². The molecule has 6 nitrogen and oxygen atoms in total. The third kappa shape index (κ3) is 2.65. The predicted molar refractivity (Wildman–Crippen MR) is 71.6 cm³/mol. The van der Waals surface area contributed by atoms with Crippen LogP contribution < -0.4 is 5.32 Å². The molecule has 0 unspecified atom stereocenters. The second-order valence-corrected chi connectivity index (χ2v) is 4.85. The molecule has 0 atom stereocenters. The number of esters is 1. The first-order valence-corrected chi connectivity index (χ1v) is 6.37. The van der Waals surface area contributed by atoms with Crippen LogP contribution in [-0.2, 0) is 11.8 Å². The molecule has 0 aliphatic heterocycles. The Hall–Kier alpha value is -2.15. The van der Waals surface area contributed by atoms with Crippen LogP contribution in [0.15, 0.2) is 17.8 Å². The van der Waals surface area contributed by atoms with Crippen molar-refractivity contribution in [3.8, 4) is 0 Å². The van der Waals surface area contributed by atoms with Crippen LogP contribution in [0.3, 0.4) is 0 Å². The van der Waals surface area contributed by atoms with E-state index in [0.29, 0.717) is 16.1 Å². The van der Waals surface area contributed by atoms with Gasteiger partial charge in [-0.3, -0.25) is 9.48 Å². The lowest BCUT2D eigenvalue weighted by Crippen LogP contribution is -2.14. The van der Waals surface area contributed by atoms with Gasteiger partial charge in [-0.2, -0.15) is 5.10 Å². The van der Waals surface area contributed by atoms with Crippen molar-refractivity contribution in [2.24, 2.45) is 7.05 Å². The summed E-state index contributed by atoms with van der Waals surface area (Å²) in [5.74, 6) is -0.765. The quantitative estimate of drug-likeness (QED) is 0.870. The maximum absolute atomic E-state index is 12.0. The summed E-state index contributed by atoms with van der Waals surface area (Å²) in [6.45, 7) is 1.82. The van der Waals surface area contributed by atoms with Crippen LogP contribution >= 0.6 is 11.3 Å². The molecule has 0 saturated carbocycles. The molecule has 19 heavy (non-hydrogen) atoms. The van der Waals surface area contributed by atoms with E-state index in [1.54, 1.807) is 18.6 Å². The highest BCUT2D eigenvalue weighted by molar-refractivity contribution is 7.12. The molecular weight excluding hydrogens is 266 g/mol. The van der Waals surface area contributed by atoms with Gasteiger partial charge in [-0.25, -0.2) is 4.79 Å². The highest BCUT2D eigenvalue weighted by Gasteiger charge is 2.19. The minimum atomic E-state index is -0.459. The number of aryl methyl sites for hydroxylation is 2. The van der Waals surface area contributed by atoms with Crippen LogP contribution in [0, 0.1) is 6.92 Å². The Morgan fingerprint density at radius 3 is 2.79 bits per heavy atom. The first-order valence-electron chi connectivity index (χ1n) is 5.49. The van der Waals surface area contributed by atoms with Crippen LogP contribution in [0.4, 0.5) is 5.69 Å². The number of nitrogens with zero attached hydrogens (tertiary/aromatic N) is 2.